The van der Waals surface area contributed by atoms with E-state index < -0.39 is 28.7 Å². The molecular weight excluding hydrogens is 398 g/mol. The van der Waals surface area contributed by atoms with E-state index in [0.717, 1.165) is 0 Å². The smallest absolute Gasteiger partial charge is 0.319 e. The first-order valence-corrected chi connectivity index (χ1v) is 9.38. The minimum Gasteiger partial charge on any atom is -0.455 e. The molecule has 2 aromatic carbocycles. The maximum atomic E-state index is 12.1. The third-order valence-electron chi connectivity index (χ3n) is 3.53. The van der Waals surface area contributed by atoms with Crippen LogP contribution in [-0.2, 0) is 19.1 Å². The second-order valence-corrected chi connectivity index (χ2v) is 7.34. The van der Waals surface area contributed by atoms with Crippen LogP contribution in [0.25, 0.3) is 0 Å². The molecule has 0 aliphatic heterocycles. The van der Waals surface area contributed by atoms with Crippen molar-refractivity contribution in [1.82, 2.24) is 0 Å². The molecule has 0 saturated carbocycles. The van der Waals surface area contributed by atoms with Gasteiger partial charge in [0.15, 0.2) is 6.61 Å². The summed E-state index contributed by atoms with van der Waals surface area (Å²) in [4.78, 5) is 45.8. The number of non-ortho nitro benzene ring substituents is 1. The van der Waals surface area contributed by atoms with Crippen LogP contribution in [0.1, 0.15) is 13.8 Å². The van der Waals surface area contributed by atoms with E-state index in [4.69, 9.17) is 4.74 Å². The van der Waals surface area contributed by atoms with Crippen molar-refractivity contribution in [1.29, 1.82) is 0 Å². The highest BCUT2D eigenvalue weighted by molar-refractivity contribution is 8.00. The van der Waals surface area contributed by atoms with E-state index in [-0.39, 0.29) is 11.6 Å². The lowest BCUT2D eigenvalue weighted by Gasteiger charge is -2.11. The number of nitrogens with zero attached hydrogens (tertiary/aromatic N) is 1. The molecule has 0 radical (unpaired) electrons. The van der Waals surface area contributed by atoms with E-state index in [1.165, 1.54) is 30.8 Å². The number of nitrogens with one attached hydrogen (secondary N) is 2. The Balaban J connectivity index is 1.79. The van der Waals surface area contributed by atoms with Gasteiger partial charge in [-0.2, -0.15) is 0 Å². The average Bonchev–Trinajstić information content (AvgIpc) is 2.67. The number of anilines is 2. The van der Waals surface area contributed by atoms with Gasteiger partial charge in [-0.15, -0.1) is 11.8 Å². The minimum atomic E-state index is -0.596. The number of esters is 1. The summed E-state index contributed by atoms with van der Waals surface area (Å²) >= 11 is 1.17. The van der Waals surface area contributed by atoms with Crippen molar-refractivity contribution in [3.05, 3.63) is 58.6 Å². The zero-order valence-electron chi connectivity index (χ0n) is 15.7. The van der Waals surface area contributed by atoms with Gasteiger partial charge in [-0.25, -0.2) is 0 Å². The van der Waals surface area contributed by atoms with Crippen LogP contribution >= 0.6 is 11.8 Å². The molecule has 0 unspecified atom stereocenters. The molecule has 0 spiro atoms. The molecule has 0 heterocycles. The number of benzene rings is 2. The quantitative estimate of drug-likeness (QED) is 0.292. The summed E-state index contributed by atoms with van der Waals surface area (Å²) in [5.41, 5.74) is 1.05. The van der Waals surface area contributed by atoms with Crippen molar-refractivity contribution in [2.24, 2.45) is 0 Å². The third kappa shape index (κ3) is 7.26. The number of carbonyl (C=O) groups excluding carboxylic acids is 3. The zero-order valence-corrected chi connectivity index (χ0v) is 16.5. The number of rotatable bonds is 8. The molecule has 152 valence electrons. The largest absolute Gasteiger partial charge is 0.455 e. The Bertz CT molecular complexity index is 899. The van der Waals surface area contributed by atoms with Gasteiger partial charge in [0.2, 0.25) is 5.91 Å². The van der Waals surface area contributed by atoms with Gasteiger partial charge >= 0.3 is 5.97 Å². The van der Waals surface area contributed by atoms with Crippen molar-refractivity contribution >= 4 is 46.6 Å². The van der Waals surface area contributed by atoms with Crippen molar-refractivity contribution in [2.45, 2.75) is 24.0 Å². The SMILES string of the molecule is CC(=O)Nc1ccc(NC(=O)COC(=O)[C@@H](C)Sc2ccc([N+](=O)[O-])cc2)cc1. The molecule has 1 atom stereocenters. The minimum absolute atomic E-state index is 0.0358. The van der Waals surface area contributed by atoms with Crippen molar-refractivity contribution in [3.63, 3.8) is 0 Å². The van der Waals surface area contributed by atoms with Gasteiger partial charge < -0.3 is 15.4 Å². The van der Waals surface area contributed by atoms with Crippen LogP contribution in [0.5, 0.6) is 0 Å². The zero-order chi connectivity index (χ0) is 21.4. The molecule has 2 N–H and O–H groups in total. The van der Waals surface area contributed by atoms with Crippen LogP contribution in [0.3, 0.4) is 0 Å². The molecule has 0 aliphatic carbocycles. The highest BCUT2D eigenvalue weighted by Gasteiger charge is 2.18. The van der Waals surface area contributed by atoms with Crippen LogP contribution in [-0.4, -0.2) is 34.6 Å². The maximum Gasteiger partial charge on any atom is 0.319 e. The number of carbonyl (C=O) groups is 3. The Morgan fingerprint density at radius 2 is 1.59 bits per heavy atom. The fraction of sp³-hybridized carbons (Fsp3) is 0.211. The topological polar surface area (TPSA) is 128 Å². The first-order valence-electron chi connectivity index (χ1n) is 8.50. The molecule has 0 aromatic heterocycles. The summed E-state index contributed by atoms with van der Waals surface area (Å²) in [6.07, 6.45) is 0. The summed E-state index contributed by atoms with van der Waals surface area (Å²) in [6, 6.07) is 12.3. The van der Waals surface area contributed by atoms with Gasteiger partial charge in [0.25, 0.3) is 11.6 Å². The normalized spacial score (nSPS) is 11.2. The monoisotopic (exact) mass is 417 g/mol. The van der Waals surface area contributed by atoms with Crippen LogP contribution in [0, 0.1) is 10.1 Å². The highest BCUT2D eigenvalue weighted by Crippen LogP contribution is 2.26. The van der Waals surface area contributed by atoms with E-state index in [0.29, 0.717) is 16.3 Å². The van der Waals surface area contributed by atoms with Crippen LogP contribution < -0.4 is 10.6 Å². The third-order valence-corrected chi connectivity index (χ3v) is 4.62. The Morgan fingerprint density at radius 1 is 1.03 bits per heavy atom. The molecule has 2 rings (SSSR count). The second-order valence-electron chi connectivity index (χ2n) is 5.93. The molecule has 10 heteroatoms. The average molecular weight is 417 g/mol. The number of hydrogen-bond donors (Lipinski definition) is 2. The molecule has 0 aliphatic rings. The number of nitro groups is 1. The molecule has 0 saturated heterocycles. The summed E-state index contributed by atoms with van der Waals surface area (Å²) in [5.74, 6) is -1.28. The summed E-state index contributed by atoms with van der Waals surface area (Å²) < 4.78 is 5.01. The number of thioether (sulfide) groups is 1. The predicted octanol–water partition coefficient (Wildman–Crippen LogP) is 3.22. The number of nitro benzene ring substituents is 1. The number of hydrogen-bond acceptors (Lipinski definition) is 7. The Kier molecular flexibility index (Phi) is 7.72. The molecule has 29 heavy (non-hydrogen) atoms. The first-order chi connectivity index (χ1) is 13.7. The number of amides is 2. The predicted molar refractivity (Wildman–Crippen MR) is 109 cm³/mol. The van der Waals surface area contributed by atoms with Gasteiger partial charge in [0.05, 0.1) is 4.92 Å². The summed E-state index contributed by atoms with van der Waals surface area (Å²) in [5, 5.41) is 15.2. The molecule has 2 aromatic rings. The van der Waals surface area contributed by atoms with Crippen molar-refractivity contribution in [3.8, 4) is 0 Å². The van der Waals surface area contributed by atoms with Crippen molar-refractivity contribution in [2.75, 3.05) is 17.2 Å². The van der Waals surface area contributed by atoms with Gasteiger partial charge in [-0.1, -0.05) is 0 Å². The van der Waals surface area contributed by atoms with E-state index in [1.54, 1.807) is 43.3 Å². The Hall–Kier alpha value is -3.40. The van der Waals surface area contributed by atoms with Gasteiger partial charge in [0, 0.05) is 35.3 Å². The fourth-order valence-electron chi connectivity index (χ4n) is 2.19. The maximum absolute atomic E-state index is 12.1. The molecule has 0 bridgehead atoms. The van der Waals surface area contributed by atoms with E-state index in [9.17, 15) is 24.5 Å². The molecule has 9 nitrogen and oxygen atoms in total. The molecule has 0 fully saturated rings. The van der Waals surface area contributed by atoms with E-state index in [2.05, 4.69) is 10.6 Å². The molecule has 2 amide bonds. The highest BCUT2D eigenvalue weighted by atomic mass is 32.2. The van der Waals surface area contributed by atoms with Gasteiger partial charge in [-0.05, 0) is 43.3 Å². The van der Waals surface area contributed by atoms with E-state index >= 15 is 0 Å². The number of ether oxygens (including phenoxy) is 1. The van der Waals surface area contributed by atoms with Gasteiger partial charge in [0.1, 0.15) is 5.25 Å². The Morgan fingerprint density at radius 3 is 2.10 bits per heavy atom. The first kappa shape index (κ1) is 21.9. The Labute approximate surface area is 171 Å². The summed E-state index contributed by atoms with van der Waals surface area (Å²) in [7, 11) is 0. The fourth-order valence-corrected chi connectivity index (χ4v) is 3.06. The summed E-state index contributed by atoms with van der Waals surface area (Å²) in [6.45, 7) is 2.56. The van der Waals surface area contributed by atoms with E-state index in [1.807, 2.05) is 0 Å². The lowest BCUT2D eigenvalue weighted by molar-refractivity contribution is -0.384. The lowest BCUT2D eigenvalue weighted by Crippen LogP contribution is -2.24. The van der Waals surface area contributed by atoms with Crippen LogP contribution in [0.15, 0.2) is 53.4 Å². The van der Waals surface area contributed by atoms with Crippen LogP contribution in [0.2, 0.25) is 0 Å². The second kappa shape index (κ2) is 10.2. The van der Waals surface area contributed by atoms with Gasteiger partial charge in [-0.3, -0.25) is 24.5 Å². The molecular formula is C19H19N3O6S. The van der Waals surface area contributed by atoms with Crippen LogP contribution in [0.4, 0.5) is 17.1 Å². The standard InChI is InChI=1S/C19H19N3O6S/c1-12(29-17-9-7-16(8-10-17)22(26)27)19(25)28-11-18(24)21-15-5-3-14(4-6-15)20-13(2)23/h3-10,12H,11H2,1-2H3,(H,20,23)(H,21,24)/t12-/m1/s1. The lowest BCUT2D eigenvalue weighted by atomic mass is 10.2. The van der Waals surface area contributed by atoms with Crippen molar-refractivity contribution < 1.29 is 24.0 Å².